The third kappa shape index (κ3) is 1.71. The molecule has 0 amide bonds. The molecule has 0 saturated carbocycles. The first kappa shape index (κ1) is 9.02. The van der Waals surface area contributed by atoms with E-state index >= 15 is 0 Å². The van der Waals surface area contributed by atoms with Gasteiger partial charge in [0.1, 0.15) is 5.82 Å². The summed E-state index contributed by atoms with van der Waals surface area (Å²) in [6.07, 6.45) is 1.07. The monoisotopic (exact) mass is 213 g/mol. The second-order valence-electron chi connectivity index (χ2n) is 2.90. The Kier molecular flexibility index (Phi) is 2.55. The van der Waals surface area contributed by atoms with Crippen molar-refractivity contribution in [3.8, 4) is 0 Å². The summed E-state index contributed by atoms with van der Waals surface area (Å²) in [4.78, 5) is 7.39. The summed E-state index contributed by atoms with van der Waals surface area (Å²) in [6, 6.07) is 0. The van der Waals surface area contributed by atoms with E-state index in [1.165, 1.54) is 17.0 Å². The summed E-state index contributed by atoms with van der Waals surface area (Å²) >= 11 is 6.98. The Morgan fingerprint density at radius 1 is 1.62 bits per heavy atom. The van der Waals surface area contributed by atoms with Gasteiger partial charge in [0.15, 0.2) is 4.77 Å². The normalized spacial score (nSPS) is 15.2. The van der Waals surface area contributed by atoms with Gasteiger partial charge in [-0.3, -0.25) is 0 Å². The van der Waals surface area contributed by atoms with Crippen molar-refractivity contribution in [3.63, 3.8) is 0 Å². The molecule has 0 aromatic carbocycles. The maximum absolute atomic E-state index is 5.04. The lowest BCUT2D eigenvalue weighted by Crippen LogP contribution is -2.10. The van der Waals surface area contributed by atoms with E-state index in [0.29, 0.717) is 4.77 Å². The minimum Gasteiger partial charge on any atom is -0.373 e. The van der Waals surface area contributed by atoms with Crippen LogP contribution < -0.4 is 5.32 Å². The van der Waals surface area contributed by atoms with Crippen LogP contribution in [0.2, 0.25) is 0 Å². The first-order valence-corrected chi connectivity index (χ1v) is 5.75. The van der Waals surface area contributed by atoms with Gasteiger partial charge in [-0.1, -0.05) is 0 Å². The van der Waals surface area contributed by atoms with E-state index in [9.17, 15) is 0 Å². The number of thioether (sulfide) groups is 1. The minimum absolute atomic E-state index is 0.579. The topological polar surface area (TPSA) is 40.7 Å². The molecular formula is C8H11N3S2. The number of aryl methyl sites for hydroxylation is 1. The molecule has 0 unspecified atom stereocenters. The number of aromatic nitrogens is 2. The fourth-order valence-corrected chi connectivity index (χ4v) is 2.69. The van der Waals surface area contributed by atoms with Crippen molar-refractivity contribution < 1.29 is 0 Å². The van der Waals surface area contributed by atoms with Crippen LogP contribution in [0.25, 0.3) is 0 Å². The van der Waals surface area contributed by atoms with Crippen LogP contribution in [0.1, 0.15) is 11.3 Å². The fourth-order valence-electron chi connectivity index (χ4n) is 1.47. The number of nitrogens with zero attached hydrogens (tertiary/aromatic N) is 1. The summed E-state index contributed by atoms with van der Waals surface area (Å²) in [6.45, 7) is 0. The van der Waals surface area contributed by atoms with Crippen molar-refractivity contribution in [3.05, 3.63) is 16.0 Å². The summed E-state index contributed by atoms with van der Waals surface area (Å²) in [5.41, 5.74) is 2.54. The fraction of sp³-hybridized carbons (Fsp3) is 0.500. The van der Waals surface area contributed by atoms with E-state index in [2.05, 4.69) is 15.3 Å². The Labute approximate surface area is 86.4 Å². The summed E-state index contributed by atoms with van der Waals surface area (Å²) in [5, 5.41) is 3.08. The van der Waals surface area contributed by atoms with Gasteiger partial charge in [-0.05, 0) is 24.4 Å². The zero-order chi connectivity index (χ0) is 9.26. The Morgan fingerprint density at radius 3 is 3.23 bits per heavy atom. The van der Waals surface area contributed by atoms with Gasteiger partial charge in [0, 0.05) is 24.1 Å². The van der Waals surface area contributed by atoms with Crippen molar-refractivity contribution in [2.75, 3.05) is 18.1 Å². The molecule has 1 aliphatic rings. The molecule has 0 spiro atoms. The lowest BCUT2D eigenvalue weighted by atomic mass is 10.2. The number of hydrogen-bond acceptors (Lipinski definition) is 4. The molecule has 0 saturated heterocycles. The number of fused-ring (bicyclic) bond motifs is 1. The van der Waals surface area contributed by atoms with E-state index in [-0.39, 0.29) is 0 Å². The molecule has 2 heterocycles. The van der Waals surface area contributed by atoms with E-state index in [0.717, 1.165) is 18.0 Å². The summed E-state index contributed by atoms with van der Waals surface area (Å²) < 4.78 is 0.579. The second kappa shape index (κ2) is 3.67. The van der Waals surface area contributed by atoms with Crippen LogP contribution in [-0.4, -0.2) is 22.8 Å². The zero-order valence-electron chi connectivity index (χ0n) is 7.39. The van der Waals surface area contributed by atoms with Crippen LogP contribution in [-0.2, 0) is 12.2 Å². The Hall–Kier alpha value is -0.550. The molecule has 1 aromatic heterocycles. The molecule has 0 atom stereocenters. The average molecular weight is 213 g/mol. The van der Waals surface area contributed by atoms with Gasteiger partial charge in [0.25, 0.3) is 0 Å². The average Bonchev–Trinajstić information content (AvgIpc) is 2.16. The lowest BCUT2D eigenvalue weighted by molar-refractivity contribution is 0.944. The van der Waals surface area contributed by atoms with E-state index in [1.54, 1.807) is 0 Å². The highest BCUT2D eigenvalue weighted by atomic mass is 32.2. The smallest absolute Gasteiger partial charge is 0.198 e. The van der Waals surface area contributed by atoms with Crippen LogP contribution in [0.4, 0.5) is 5.82 Å². The third-order valence-electron chi connectivity index (χ3n) is 2.10. The molecule has 2 N–H and O–H groups in total. The number of hydrogen-bond donors (Lipinski definition) is 2. The summed E-state index contributed by atoms with van der Waals surface area (Å²) in [7, 11) is 1.89. The van der Waals surface area contributed by atoms with Crippen LogP contribution >= 0.6 is 24.0 Å². The van der Waals surface area contributed by atoms with Crippen LogP contribution in [0.15, 0.2) is 0 Å². The zero-order valence-corrected chi connectivity index (χ0v) is 9.02. The molecule has 0 fully saturated rings. The molecule has 1 aromatic rings. The second-order valence-corrected chi connectivity index (χ2v) is 4.39. The summed E-state index contributed by atoms with van der Waals surface area (Å²) in [5.74, 6) is 3.14. The van der Waals surface area contributed by atoms with E-state index < -0.39 is 0 Å². The predicted octanol–water partition coefficient (Wildman–Crippen LogP) is 1.97. The van der Waals surface area contributed by atoms with Crippen LogP contribution in [0.5, 0.6) is 0 Å². The van der Waals surface area contributed by atoms with E-state index in [1.807, 2.05) is 18.8 Å². The maximum atomic E-state index is 5.04. The minimum atomic E-state index is 0.579. The van der Waals surface area contributed by atoms with Crippen molar-refractivity contribution in [2.24, 2.45) is 0 Å². The largest absolute Gasteiger partial charge is 0.373 e. The quantitative estimate of drug-likeness (QED) is 0.700. The van der Waals surface area contributed by atoms with Crippen molar-refractivity contribution in [2.45, 2.75) is 12.2 Å². The Morgan fingerprint density at radius 2 is 2.46 bits per heavy atom. The molecule has 2 rings (SSSR count). The number of aromatic amines is 1. The molecule has 70 valence electrons. The number of anilines is 1. The molecule has 0 radical (unpaired) electrons. The Bertz CT molecular complexity index is 352. The van der Waals surface area contributed by atoms with Gasteiger partial charge >= 0.3 is 0 Å². The number of nitrogens with one attached hydrogen (secondary N) is 2. The number of rotatable bonds is 1. The van der Waals surface area contributed by atoms with E-state index in [4.69, 9.17) is 12.2 Å². The molecule has 0 bridgehead atoms. The lowest BCUT2D eigenvalue weighted by Gasteiger charge is -2.17. The molecule has 5 heteroatoms. The van der Waals surface area contributed by atoms with Gasteiger partial charge in [0.2, 0.25) is 0 Å². The van der Waals surface area contributed by atoms with Crippen LogP contribution in [0.3, 0.4) is 0 Å². The SMILES string of the molecule is CNc1nc(=S)[nH]c2c1CSCC2. The predicted molar refractivity (Wildman–Crippen MR) is 58.8 cm³/mol. The first-order valence-electron chi connectivity index (χ1n) is 4.19. The van der Waals surface area contributed by atoms with Crippen LogP contribution in [0, 0.1) is 4.77 Å². The molecule has 13 heavy (non-hydrogen) atoms. The maximum Gasteiger partial charge on any atom is 0.198 e. The molecule has 3 nitrogen and oxygen atoms in total. The standard InChI is InChI=1S/C8H11N3S2/c1-9-7-5-4-13-3-2-6(5)10-8(12)11-7/h2-4H2,1H3,(H2,9,10,11,12). The Balaban J connectivity index is 2.57. The van der Waals surface area contributed by atoms with Gasteiger partial charge in [-0.25, -0.2) is 4.98 Å². The number of H-pyrrole nitrogens is 1. The highest BCUT2D eigenvalue weighted by molar-refractivity contribution is 7.98. The van der Waals surface area contributed by atoms with Crippen molar-refractivity contribution in [1.29, 1.82) is 0 Å². The molecule has 1 aliphatic heterocycles. The third-order valence-corrected chi connectivity index (χ3v) is 3.28. The van der Waals surface area contributed by atoms with Crippen molar-refractivity contribution >= 4 is 29.8 Å². The van der Waals surface area contributed by atoms with Gasteiger partial charge in [0.05, 0.1) is 0 Å². The molecule has 0 aliphatic carbocycles. The van der Waals surface area contributed by atoms with Gasteiger partial charge < -0.3 is 10.3 Å². The van der Waals surface area contributed by atoms with Gasteiger partial charge in [-0.2, -0.15) is 11.8 Å². The van der Waals surface area contributed by atoms with Gasteiger partial charge in [-0.15, -0.1) is 0 Å². The molecular weight excluding hydrogens is 202 g/mol. The van der Waals surface area contributed by atoms with Crippen molar-refractivity contribution in [1.82, 2.24) is 9.97 Å². The highest BCUT2D eigenvalue weighted by Crippen LogP contribution is 2.27. The highest BCUT2D eigenvalue weighted by Gasteiger charge is 2.14. The first-order chi connectivity index (χ1) is 6.31.